The van der Waals surface area contributed by atoms with E-state index in [1.54, 1.807) is 7.11 Å². The number of primary amides is 1. The molecule has 3 N–H and O–H groups in total. The Morgan fingerprint density at radius 3 is 2.52 bits per heavy atom. The monoisotopic (exact) mass is 348 g/mol. The number of rotatable bonds is 6. The normalized spacial score (nSPS) is 11.9. The van der Waals surface area contributed by atoms with Crippen molar-refractivity contribution in [2.45, 2.75) is 6.04 Å². The molecule has 0 aliphatic carbocycles. The molecule has 2 aromatic carbocycles. The number of halogens is 1. The first-order valence-electron chi connectivity index (χ1n) is 6.52. The van der Waals surface area contributed by atoms with Gasteiger partial charge in [-0.2, -0.15) is 0 Å². The van der Waals surface area contributed by atoms with Crippen LogP contribution in [-0.4, -0.2) is 19.6 Å². The summed E-state index contributed by atoms with van der Waals surface area (Å²) in [4.78, 5) is 11.1. The van der Waals surface area contributed by atoms with Crippen molar-refractivity contribution >= 4 is 21.8 Å². The minimum Gasteiger partial charge on any atom is -0.496 e. The van der Waals surface area contributed by atoms with E-state index in [0.29, 0.717) is 0 Å². The fourth-order valence-corrected chi connectivity index (χ4v) is 2.70. The van der Waals surface area contributed by atoms with Crippen LogP contribution in [0.5, 0.6) is 5.75 Å². The molecular weight excluding hydrogens is 332 g/mol. The van der Waals surface area contributed by atoms with E-state index in [1.807, 2.05) is 48.5 Å². The van der Waals surface area contributed by atoms with E-state index in [9.17, 15) is 4.79 Å². The highest BCUT2D eigenvalue weighted by molar-refractivity contribution is 9.10. The average molecular weight is 349 g/mol. The number of ether oxygens (including phenoxy) is 1. The second-order valence-corrected chi connectivity index (χ2v) is 5.44. The Bertz CT molecular complexity index is 617. The summed E-state index contributed by atoms with van der Waals surface area (Å²) >= 11 is 3.48. The molecular formula is C16H17BrN2O2. The summed E-state index contributed by atoms with van der Waals surface area (Å²) in [7, 11) is 1.62. The molecule has 1 atom stereocenters. The van der Waals surface area contributed by atoms with Crippen molar-refractivity contribution in [2.24, 2.45) is 5.73 Å². The van der Waals surface area contributed by atoms with Gasteiger partial charge in [0.1, 0.15) is 5.75 Å². The van der Waals surface area contributed by atoms with Gasteiger partial charge in [0.2, 0.25) is 5.91 Å². The summed E-state index contributed by atoms with van der Waals surface area (Å²) in [5.41, 5.74) is 7.33. The van der Waals surface area contributed by atoms with Crippen LogP contribution in [0.15, 0.2) is 53.0 Å². The van der Waals surface area contributed by atoms with Gasteiger partial charge >= 0.3 is 0 Å². The maximum Gasteiger partial charge on any atom is 0.231 e. The lowest BCUT2D eigenvalue weighted by Crippen LogP contribution is -2.32. The topological polar surface area (TPSA) is 64.3 Å². The minimum atomic E-state index is -0.386. The van der Waals surface area contributed by atoms with Crippen LogP contribution in [0.2, 0.25) is 0 Å². The summed E-state index contributed by atoms with van der Waals surface area (Å²) in [6, 6.07) is 15.6. The van der Waals surface area contributed by atoms with Gasteiger partial charge in [0, 0.05) is 0 Å². The molecule has 0 fully saturated rings. The third kappa shape index (κ3) is 4.06. The highest BCUT2D eigenvalue weighted by atomic mass is 79.9. The third-order valence-corrected chi connectivity index (χ3v) is 3.74. The molecule has 2 rings (SSSR count). The zero-order valence-electron chi connectivity index (χ0n) is 11.7. The summed E-state index contributed by atoms with van der Waals surface area (Å²) in [5, 5.41) is 3.18. The molecule has 110 valence electrons. The van der Waals surface area contributed by atoms with E-state index < -0.39 is 0 Å². The molecule has 0 unspecified atom stereocenters. The van der Waals surface area contributed by atoms with Crippen molar-refractivity contribution in [3.05, 3.63) is 64.1 Å². The number of hydrogen-bond acceptors (Lipinski definition) is 3. The predicted molar refractivity (Wildman–Crippen MR) is 86.2 cm³/mol. The Labute approximate surface area is 132 Å². The van der Waals surface area contributed by atoms with Gasteiger partial charge in [-0.25, -0.2) is 0 Å². The van der Waals surface area contributed by atoms with Gasteiger partial charge in [-0.3, -0.25) is 10.1 Å². The van der Waals surface area contributed by atoms with E-state index in [2.05, 4.69) is 21.2 Å². The number of carbonyl (C=O) groups excluding carboxylic acids is 1. The van der Waals surface area contributed by atoms with Gasteiger partial charge < -0.3 is 10.5 Å². The number of benzene rings is 2. The minimum absolute atomic E-state index is 0.110. The highest BCUT2D eigenvalue weighted by Gasteiger charge is 2.15. The summed E-state index contributed by atoms with van der Waals surface area (Å²) < 4.78 is 6.11. The fourth-order valence-electron chi connectivity index (χ4n) is 2.14. The standard InChI is InChI=1S/C16H17BrN2O2/c1-21-14-8-7-12(9-13(14)17)16(19-10-15(18)20)11-5-3-2-4-6-11/h2-9,16,19H,10H2,1H3,(H2,18,20)/t16-/m0/s1. The van der Waals surface area contributed by atoms with E-state index in [4.69, 9.17) is 10.5 Å². The van der Waals surface area contributed by atoms with E-state index in [0.717, 1.165) is 21.3 Å². The lowest BCUT2D eigenvalue weighted by molar-refractivity contribution is -0.117. The lowest BCUT2D eigenvalue weighted by atomic mass is 9.98. The van der Waals surface area contributed by atoms with E-state index >= 15 is 0 Å². The predicted octanol–water partition coefficient (Wildman–Crippen LogP) is 2.62. The van der Waals surface area contributed by atoms with Gasteiger partial charge in [-0.1, -0.05) is 36.4 Å². The first-order chi connectivity index (χ1) is 10.1. The van der Waals surface area contributed by atoms with Crippen molar-refractivity contribution in [3.63, 3.8) is 0 Å². The number of nitrogens with two attached hydrogens (primary N) is 1. The van der Waals surface area contributed by atoms with Crippen molar-refractivity contribution < 1.29 is 9.53 Å². The number of amides is 1. The first-order valence-corrected chi connectivity index (χ1v) is 7.31. The van der Waals surface area contributed by atoms with Crippen LogP contribution in [0.1, 0.15) is 17.2 Å². The number of carbonyl (C=O) groups is 1. The third-order valence-electron chi connectivity index (χ3n) is 3.12. The van der Waals surface area contributed by atoms with Crippen molar-refractivity contribution in [1.82, 2.24) is 5.32 Å². The molecule has 5 heteroatoms. The maximum absolute atomic E-state index is 11.1. The molecule has 0 bridgehead atoms. The SMILES string of the molecule is COc1ccc([C@@H](NCC(N)=O)c2ccccc2)cc1Br. The molecule has 0 aliphatic heterocycles. The van der Waals surface area contributed by atoms with Gasteiger partial charge in [0.15, 0.2) is 0 Å². The van der Waals surface area contributed by atoms with Crippen LogP contribution in [-0.2, 0) is 4.79 Å². The number of methoxy groups -OCH3 is 1. The van der Waals surface area contributed by atoms with Crippen LogP contribution in [0, 0.1) is 0 Å². The van der Waals surface area contributed by atoms with Gasteiger partial charge in [-0.05, 0) is 39.2 Å². The molecule has 4 nitrogen and oxygen atoms in total. The Morgan fingerprint density at radius 2 is 1.95 bits per heavy atom. The molecule has 1 amide bonds. The van der Waals surface area contributed by atoms with Crippen molar-refractivity contribution in [1.29, 1.82) is 0 Å². The fraction of sp³-hybridized carbons (Fsp3) is 0.188. The number of hydrogen-bond donors (Lipinski definition) is 2. The second kappa shape index (κ2) is 7.24. The highest BCUT2D eigenvalue weighted by Crippen LogP contribution is 2.30. The molecule has 21 heavy (non-hydrogen) atoms. The van der Waals surface area contributed by atoms with Crippen molar-refractivity contribution in [2.75, 3.05) is 13.7 Å². The summed E-state index contributed by atoms with van der Waals surface area (Å²) in [5.74, 6) is 0.379. The van der Waals surface area contributed by atoms with Crippen LogP contribution in [0.3, 0.4) is 0 Å². The van der Waals surface area contributed by atoms with E-state index in [-0.39, 0.29) is 18.5 Å². The van der Waals surface area contributed by atoms with Gasteiger partial charge in [0.25, 0.3) is 0 Å². The van der Waals surface area contributed by atoms with Gasteiger partial charge in [-0.15, -0.1) is 0 Å². The Morgan fingerprint density at radius 1 is 1.24 bits per heavy atom. The molecule has 0 aliphatic rings. The molecule has 0 heterocycles. The summed E-state index contributed by atoms with van der Waals surface area (Å²) in [6.45, 7) is 0.114. The molecule has 0 aromatic heterocycles. The first kappa shape index (κ1) is 15.5. The Hall–Kier alpha value is -1.85. The van der Waals surface area contributed by atoms with Crippen LogP contribution >= 0.6 is 15.9 Å². The quantitative estimate of drug-likeness (QED) is 0.843. The second-order valence-electron chi connectivity index (χ2n) is 4.58. The van der Waals surface area contributed by atoms with E-state index in [1.165, 1.54) is 0 Å². The Kier molecular flexibility index (Phi) is 5.36. The summed E-state index contributed by atoms with van der Waals surface area (Å²) in [6.07, 6.45) is 0. The maximum atomic E-state index is 11.1. The zero-order valence-corrected chi connectivity index (χ0v) is 13.3. The smallest absolute Gasteiger partial charge is 0.231 e. The molecule has 2 aromatic rings. The number of nitrogens with one attached hydrogen (secondary N) is 1. The lowest BCUT2D eigenvalue weighted by Gasteiger charge is -2.20. The largest absolute Gasteiger partial charge is 0.496 e. The van der Waals surface area contributed by atoms with Crippen LogP contribution < -0.4 is 15.8 Å². The Balaban J connectivity index is 2.35. The molecule has 0 saturated carbocycles. The van der Waals surface area contributed by atoms with Gasteiger partial charge in [0.05, 0.1) is 24.2 Å². The zero-order chi connectivity index (χ0) is 15.2. The molecule has 0 saturated heterocycles. The molecule has 0 spiro atoms. The van der Waals surface area contributed by atoms with Crippen LogP contribution in [0.25, 0.3) is 0 Å². The van der Waals surface area contributed by atoms with Crippen LogP contribution in [0.4, 0.5) is 0 Å². The molecule has 0 radical (unpaired) electrons. The average Bonchev–Trinajstić information content (AvgIpc) is 2.48. The van der Waals surface area contributed by atoms with Crippen molar-refractivity contribution in [3.8, 4) is 5.75 Å².